The second-order valence-electron chi connectivity index (χ2n) is 9.34. The van der Waals surface area contributed by atoms with Crippen LogP contribution in [0.25, 0.3) is 5.65 Å². The molecule has 0 fully saturated rings. The molecule has 2 aromatic heterocycles. The van der Waals surface area contributed by atoms with E-state index in [-0.39, 0.29) is 53.9 Å². The lowest BCUT2D eigenvalue weighted by Gasteiger charge is -2.12. The number of nitrogens with two attached hydrogens (primary N) is 3. The molecule has 16 nitrogen and oxygen atoms in total. The van der Waals surface area contributed by atoms with Crippen LogP contribution in [-0.2, 0) is 17.8 Å². The fourth-order valence-electron chi connectivity index (χ4n) is 4.01. The number of rotatable bonds is 9. The molecule has 9 N–H and O–H groups in total. The van der Waals surface area contributed by atoms with Crippen molar-refractivity contribution in [1.82, 2.24) is 19.9 Å². The number of hydrogen-bond donors (Lipinski definition) is 6. The van der Waals surface area contributed by atoms with Crippen LogP contribution in [0.4, 0.5) is 17.1 Å². The standard InChI is InChI=1S/C20H15N7O6.C9H11NO2.CH4/c21-13-14(16(29)15(13)28)25-9-3-1-2-8(4-9)6-23-19(31)11-5-12(20(32)33)27-18(26-11)10(7-24-27)17(22)30;1-12-9(11)8-4-2-7(6-10)3-5-8;/h1-5,7,25H,6,21H2,(H2,22,30)(H,23,31)(H,32,33);2-5H,6,10H2,1H3;1H4. The fraction of sp³-hybridized carbons (Fsp3) is 0.133. The predicted molar refractivity (Wildman–Crippen MR) is 168 cm³/mol. The average Bonchev–Trinajstić information content (AvgIpc) is 3.49. The first-order valence-electron chi connectivity index (χ1n) is 13.0. The number of nitrogen functional groups attached to an aromatic ring is 1. The molecule has 0 saturated carbocycles. The molecule has 0 aliphatic carbocycles. The second-order valence-corrected chi connectivity index (χ2v) is 9.34. The van der Waals surface area contributed by atoms with E-state index in [9.17, 15) is 33.9 Å². The Balaban J connectivity index is 0.000000375. The molecule has 2 amide bonds. The van der Waals surface area contributed by atoms with Gasteiger partial charge in [0.15, 0.2) is 11.3 Å². The average molecular weight is 631 g/mol. The lowest BCUT2D eigenvalue weighted by Crippen LogP contribution is -2.36. The van der Waals surface area contributed by atoms with Crippen LogP contribution in [0.5, 0.6) is 0 Å². The number of esters is 1. The van der Waals surface area contributed by atoms with E-state index in [4.69, 9.17) is 17.2 Å². The Morgan fingerprint density at radius 1 is 1.00 bits per heavy atom. The van der Waals surface area contributed by atoms with Gasteiger partial charge in [-0.15, -0.1) is 0 Å². The van der Waals surface area contributed by atoms with E-state index in [2.05, 4.69) is 25.5 Å². The Morgan fingerprint density at radius 2 is 1.70 bits per heavy atom. The summed E-state index contributed by atoms with van der Waals surface area (Å²) in [6.45, 7) is 0.508. The number of methoxy groups -OCH3 is 1. The molecule has 238 valence electrons. The van der Waals surface area contributed by atoms with Crippen molar-refractivity contribution < 1.29 is 29.0 Å². The summed E-state index contributed by atoms with van der Waals surface area (Å²) in [4.78, 5) is 73.6. The van der Waals surface area contributed by atoms with Crippen LogP contribution < -0.4 is 38.7 Å². The molecule has 16 heteroatoms. The van der Waals surface area contributed by atoms with E-state index in [1.807, 2.05) is 12.1 Å². The van der Waals surface area contributed by atoms with Gasteiger partial charge in [-0.25, -0.2) is 19.1 Å². The summed E-state index contributed by atoms with van der Waals surface area (Å²) in [5.41, 5.74) is 16.3. The van der Waals surface area contributed by atoms with Crippen molar-refractivity contribution in [1.29, 1.82) is 0 Å². The number of anilines is 3. The van der Waals surface area contributed by atoms with Gasteiger partial charge in [-0.3, -0.25) is 19.2 Å². The van der Waals surface area contributed by atoms with Gasteiger partial charge < -0.3 is 37.7 Å². The Kier molecular flexibility index (Phi) is 10.6. The molecule has 0 radical (unpaired) electrons. The number of carbonyl (C=O) groups excluding carboxylic acids is 3. The normalized spacial score (nSPS) is 10.3. The van der Waals surface area contributed by atoms with E-state index in [0.29, 0.717) is 23.4 Å². The molecule has 3 aromatic carbocycles. The minimum absolute atomic E-state index is 0. The number of carbonyl (C=O) groups is 4. The third-order valence-corrected chi connectivity index (χ3v) is 6.40. The third kappa shape index (κ3) is 7.20. The molecular formula is C30H30N8O8. The monoisotopic (exact) mass is 630 g/mol. The molecule has 0 bridgehead atoms. The van der Waals surface area contributed by atoms with Crippen LogP contribution in [0.1, 0.15) is 60.2 Å². The second kappa shape index (κ2) is 14.4. The first kappa shape index (κ1) is 34.1. The first-order chi connectivity index (χ1) is 21.4. The zero-order chi connectivity index (χ0) is 32.8. The number of carboxylic acids is 1. The molecule has 2 heterocycles. The molecule has 0 saturated heterocycles. The van der Waals surface area contributed by atoms with E-state index in [0.717, 1.165) is 22.3 Å². The summed E-state index contributed by atoms with van der Waals surface area (Å²) in [5.74, 6) is -3.29. The highest BCUT2D eigenvalue weighted by molar-refractivity contribution is 6.01. The van der Waals surface area contributed by atoms with Gasteiger partial charge in [0.1, 0.15) is 22.6 Å². The van der Waals surface area contributed by atoms with Crippen LogP contribution >= 0.6 is 0 Å². The SMILES string of the molecule is C.COC(=O)c1ccc(CN)cc1.NC(=O)c1cnn2c(C(=O)O)cc(C(=O)NCc3cccc(Nc4c(N)c(=O)c4=O)c3)nc12. The zero-order valence-corrected chi connectivity index (χ0v) is 23.6. The highest BCUT2D eigenvalue weighted by Gasteiger charge is 2.21. The highest BCUT2D eigenvalue weighted by Crippen LogP contribution is 2.19. The van der Waals surface area contributed by atoms with Crippen LogP contribution in [0, 0.1) is 0 Å². The number of amides is 2. The molecule has 0 aliphatic heterocycles. The Bertz CT molecular complexity index is 2010. The van der Waals surface area contributed by atoms with Gasteiger partial charge in [-0.2, -0.15) is 5.10 Å². The van der Waals surface area contributed by atoms with Crippen molar-refractivity contribution in [2.75, 3.05) is 18.2 Å². The minimum Gasteiger partial charge on any atom is -0.477 e. The molecular weight excluding hydrogens is 600 g/mol. The molecule has 0 atom stereocenters. The number of aromatic nitrogens is 3. The quantitative estimate of drug-likeness (QED) is 0.0979. The maximum absolute atomic E-state index is 12.6. The van der Waals surface area contributed by atoms with Crippen LogP contribution in [0.2, 0.25) is 0 Å². The van der Waals surface area contributed by atoms with Gasteiger partial charge in [-0.1, -0.05) is 31.7 Å². The number of nitrogens with one attached hydrogen (secondary N) is 2. The number of ether oxygens (including phenoxy) is 1. The fourth-order valence-corrected chi connectivity index (χ4v) is 4.01. The summed E-state index contributed by atoms with van der Waals surface area (Å²) in [7, 11) is 1.36. The van der Waals surface area contributed by atoms with Crippen molar-refractivity contribution in [2.45, 2.75) is 20.5 Å². The topological polar surface area (TPSA) is 264 Å². The molecule has 0 unspecified atom stereocenters. The van der Waals surface area contributed by atoms with Gasteiger partial charge in [0.2, 0.25) is 0 Å². The van der Waals surface area contributed by atoms with Crippen molar-refractivity contribution in [3.05, 3.63) is 115 Å². The lowest BCUT2D eigenvalue weighted by molar-refractivity contribution is 0.0599. The molecule has 46 heavy (non-hydrogen) atoms. The summed E-state index contributed by atoms with van der Waals surface area (Å²) in [5, 5.41) is 18.6. The van der Waals surface area contributed by atoms with E-state index in [1.165, 1.54) is 7.11 Å². The van der Waals surface area contributed by atoms with Crippen molar-refractivity contribution in [2.24, 2.45) is 11.5 Å². The Morgan fingerprint density at radius 3 is 2.28 bits per heavy atom. The van der Waals surface area contributed by atoms with Crippen LogP contribution in [0.15, 0.2) is 70.4 Å². The van der Waals surface area contributed by atoms with Crippen LogP contribution in [-0.4, -0.2) is 50.6 Å². The number of nitrogens with zero attached hydrogens (tertiary/aromatic N) is 3. The third-order valence-electron chi connectivity index (χ3n) is 6.40. The minimum atomic E-state index is -1.38. The van der Waals surface area contributed by atoms with Gasteiger partial charge in [0.25, 0.3) is 22.7 Å². The Labute approximate surface area is 260 Å². The summed E-state index contributed by atoms with van der Waals surface area (Å²) >= 11 is 0. The van der Waals surface area contributed by atoms with E-state index in [1.54, 1.807) is 36.4 Å². The molecule has 5 rings (SSSR count). The van der Waals surface area contributed by atoms with Crippen molar-refractivity contribution in [3.8, 4) is 0 Å². The van der Waals surface area contributed by atoms with Crippen LogP contribution in [0.3, 0.4) is 0 Å². The largest absolute Gasteiger partial charge is 0.477 e. The smallest absolute Gasteiger partial charge is 0.354 e. The maximum Gasteiger partial charge on any atom is 0.354 e. The van der Waals surface area contributed by atoms with E-state index >= 15 is 0 Å². The number of hydrogen-bond acceptors (Lipinski definition) is 12. The lowest BCUT2D eigenvalue weighted by atomic mass is 10.1. The number of carboxylic acid groups (broad SMARTS) is 1. The molecule has 0 spiro atoms. The first-order valence-corrected chi connectivity index (χ1v) is 13.0. The van der Waals surface area contributed by atoms with Gasteiger partial charge in [-0.05, 0) is 35.4 Å². The highest BCUT2D eigenvalue weighted by atomic mass is 16.5. The van der Waals surface area contributed by atoms with Gasteiger partial charge >= 0.3 is 11.9 Å². The predicted octanol–water partition coefficient (Wildman–Crippen LogP) is 0.946. The van der Waals surface area contributed by atoms with Gasteiger partial charge in [0.05, 0.1) is 18.9 Å². The van der Waals surface area contributed by atoms with Crippen molar-refractivity contribution in [3.63, 3.8) is 0 Å². The van der Waals surface area contributed by atoms with Gasteiger partial charge in [0, 0.05) is 24.8 Å². The number of benzene rings is 2. The van der Waals surface area contributed by atoms with E-state index < -0.39 is 28.6 Å². The summed E-state index contributed by atoms with van der Waals surface area (Å²) in [6.07, 6.45) is 1.07. The zero-order valence-electron chi connectivity index (χ0n) is 23.6. The Hall–Kier alpha value is -6.42. The number of aromatic carboxylic acids is 1. The summed E-state index contributed by atoms with van der Waals surface area (Å²) in [6, 6.07) is 14.7. The number of fused-ring (bicyclic) bond motifs is 1. The number of primary amides is 1. The molecule has 5 aromatic rings. The maximum atomic E-state index is 12.6. The van der Waals surface area contributed by atoms with Crippen molar-refractivity contribution >= 4 is 46.5 Å². The summed E-state index contributed by atoms with van der Waals surface area (Å²) < 4.78 is 5.44. The molecule has 0 aliphatic rings.